The highest BCUT2D eigenvalue weighted by Crippen LogP contribution is 2.47. The van der Waals surface area contributed by atoms with Crippen molar-refractivity contribution in [1.82, 2.24) is 4.90 Å². The minimum atomic E-state index is -0.956. The number of likely N-dealkylation sites (tertiary alicyclic amines) is 1. The van der Waals surface area contributed by atoms with Crippen LogP contribution in [0.4, 0.5) is 4.79 Å². The number of nitrogens with zero attached hydrogens (tertiary/aromatic N) is 1. The van der Waals surface area contributed by atoms with Crippen molar-refractivity contribution in [3.05, 3.63) is 0 Å². The van der Waals surface area contributed by atoms with Crippen molar-refractivity contribution in [1.29, 1.82) is 0 Å². The fourth-order valence-electron chi connectivity index (χ4n) is 3.59. The van der Waals surface area contributed by atoms with E-state index in [0.29, 0.717) is 13.0 Å². The topological polar surface area (TPSA) is 77.8 Å². The highest BCUT2D eigenvalue weighted by molar-refractivity contribution is 5.72. The summed E-state index contributed by atoms with van der Waals surface area (Å²) < 4.78 is 0. The van der Waals surface area contributed by atoms with Gasteiger partial charge in [0.2, 0.25) is 0 Å². The summed E-state index contributed by atoms with van der Waals surface area (Å²) in [4.78, 5) is 24.6. The lowest BCUT2D eigenvalue weighted by molar-refractivity contribution is -0.153. The fourth-order valence-corrected chi connectivity index (χ4v) is 3.59. The Morgan fingerprint density at radius 2 is 1.50 bits per heavy atom. The molecule has 20 heavy (non-hydrogen) atoms. The quantitative estimate of drug-likeness (QED) is 0.775. The van der Waals surface area contributed by atoms with Crippen molar-refractivity contribution in [2.24, 2.45) is 22.7 Å². The molecule has 1 fully saturated rings. The molecular weight excluding hydrogens is 258 g/mol. The van der Waals surface area contributed by atoms with Gasteiger partial charge in [0.25, 0.3) is 0 Å². The fraction of sp³-hybridized carbons (Fsp3) is 0.867. The second-order valence-corrected chi connectivity index (χ2v) is 7.91. The number of carbonyl (C=O) groups is 2. The normalized spacial score (nSPS) is 28.3. The Kier molecular flexibility index (Phi) is 4.42. The van der Waals surface area contributed by atoms with Gasteiger partial charge in [-0.25, -0.2) is 4.79 Å². The lowest BCUT2D eigenvalue weighted by atomic mass is 9.60. The van der Waals surface area contributed by atoms with E-state index in [1.807, 2.05) is 41.5 Å². The monoisotopic (exact) mass is 285 g/mol. The predicted octanol–water partition coefficient (Wildman–Crippen LogP) is 3.15. The molecule has 3 unspecified atom stereocenters. The standard InChI is InChI=1S/C15H27NO4/c1-14(2,3)10-9(12(17)18)7-8-16(13(19)20)11(10)15(4,5)6/h9-11H,7-8H2,1-6H3,(H,17,18)(H,19,20). The van der Waals surface area contributed by atoms with E-state index in [1.165, 1.54) is 4.90 Å². The molecule has 2 N–H and O–H groups in total. The summed E-state index contributed by atoms with van der Waals surface area (Å²) in [6.45, 7) is 12.2. The number of carboxylic acids is 1. The first kappa shape index (κ1) is 16.8. The largest absolute Gasteiger partial charge is 0.481 e. The van der Waals surface area contributed by atoms with Crippen molar-refractivity contribution in [3.8, 4) is 0 Å². The van der Waals surface area contributed by atoms with Gasteiger partial charge in [-0.15, -0.1) is 0 Å². The molecule has 0 aromatic heterocycles. The van der Waals surface area contributed by atoms with Crippen molar-refractivity contribution >= 4 is 12.1 Å². The van der Waals surface area contributed by atoms with Crippen LogP contribution in [0.25, 0.3) is 0 Å². The molecule has 0 radical (unpaired) electrons. The Balaban J connectivity index is 3.34. The van der Waals surface area contributed by atoms with Gasteiger partial charge in [-0.05, 0) is 23.2 Å². The Hall–Kier alpha value is -1.26. The molecule has 3 atom stereocenters. The smallest absolute Gasteiger partial charge is 0.407 e. The molecule has 116 valence electrons. The molecule has 0 aromatic carbocycles. The number of aliphatic carboxylic acids is 1. The number of piperidine rings is 1. The molecule has 1 aliphatic rings. The second-order valence-electron chi connectivity index (χ2n) is 7.91. The highest BCUT2D eigenvalue weighted by Gasteiger charge is 2.52. The van der Waals surface area contributed by atoms with E-state index < -0.39 is 18.0 Å². The number of hydrogen-bond donors (Lipinski definition) is 2. The van der Waals surface area contributed by atoms with E-state index in [9.17, 15) is 19.8 Å². The van der Waals surface area contributed by atoms with E-state index in [4.69, 9.17) is 0 Å². The molecule has 5 nitrogen and oxygen atoms in total. The summed E-state index contributed by atoms with van der Waals surface area (Å²) in [5, 5.41) is 19.0. The van der Waals surface area contributed by atoms with Gasteiger partial charge in [0.05, 0.1) is 5.92 Å². The van der Waals surface area contributed by atoms with Crippen LogP contribution >= 0.6 is 0 Å². The van der Waals surface area contributed by atoms with Crippen LogP contribution in [-0.4, -0.2) is 39.8 Å². The minimum absolute atomic E-state index is 0.204. The van der Waals surface area contributed by atoms with Crippen molar-refractivity contribution in [3.63, 3.8) is 0 Å². The molecule has 0 aliphatic carbocycles. The molecule has 0 bridgehead atoms. The number of rotatable bonds is 1. The molecule has 1 saturated heterocycles. The Bertz CT molecular complexity index is 354. The third kappa shape index (κ3) is 3.25. The molecule has 0 saturated carbocycles. The lowest BCUT2D eigenvalue weighted by Gasteiger charge is -2.53. The average Bonchev–Trinajstić information content (AvgIpc) is 2.24. The van der Waals surface area contributed by atoms with Gasteiger partial charge in [0, 0.05) is 12.6 Å². The van der Waals surface area contributed by atoms with E-state index in [-0.39, 0.29) is 22.8 Å². The van der Waals surface area contributed by atoms with Gasteiger partial charge in [-0.3, -0.25) is 4.79 Å². The number of carboxylic acid groups (broad SMARTS) is 2. The lowest BCUT2D eigenvalue weighted by Crippen LogP contribution is -2.61. The number of amides is 1. The van der Waals surface area contributed by atoms with Crippen LogP contribution < -0.4 is 0 Å². The van der Waals surface area contributed by atoms with Crippen LogP contribution in [0.5, 0.6) is 0 Å². The molecule has 0 aromatic rings. The van der Waals surface area contributed by atoms with Crippen molar-refractivity contribution in [2.45, 2.75) is 54.0 Å². The maximum atomic E-state index is 11.6. The third-order valence-corrected chi connectivity index (χ3v) is 4.24. The van der Waals surface area contributed by atoms with Gasteiger partial charge in [-0.1, -0.05) is 41.5 Å². The van der Waals surface area contributed by atoms with E-state index >= 15 is 0 Å². The van der Waals surface area contributed by atoms with E-state index in [2.05, 4.69) is 0 Å². The van der Waals surface area contributed by atoms with Gasteiger partial charge in [0.1, 0.15) is 0 Å². The summed E-state index contributed by atoms with van der Waals surface area (Å²) in [6, 6.07) is -0.296. The minimum Gasteiger partial charge on any atom is -0.481 e. The maximum Gasteiger partial charge on any atom is 0.407 e. The SMILES string of the molecule is CC(C)(C)C1C(C(=O)O)CCN(C(=O)O)C1C(C)(C)C. The van der Waals surface area contributed by atoms with Crippen LogP contribution in [0.1, 0.15) is 48.0 Å². The van der Waals surface area contributed by atoms with Crippen LogP contribution in [-0.2, 0) is 4.79 Å². The van der Waals surface area contributed by atoms with E-state index in [1.54, 1.807) is 0 Å². The molecule has 1 amide bonds. The van der Waals surface area contributed by atoms with Gasteiger partial charge >= 0.3 is 12.1 Å². The van der Waals surface area contributed by atoms with E-state index in [0.717, 1.165) is 0 Å². The summed E-state index contributed by atoms with van der Waals surface area (Å²) in [5.74, 6) is -1.51. The second kappa shape index (κ2) is 5.26. The molecule has 0 spiro atoms. The first-order chi connectivity index (χ1) is 8.87. The Morgan fingerprint density at radius 1 is 1.00 bits per heavy atom. The predicted molar refractivity (Wildman–Crippen MR) is 76.7 cm³/mol. The van der Waals surface area contributed by atoms with Gasteiger partial charge in [-0.2, -0.15) is 0 Å². The zero-order valence-corrected chi connectivity index (χ0v) is 13.3. The Morgan fingerprint density at radius 3 is 1.80 bits per heavy atom. The molecule has 1 aliphatic heterocycles. The Labute approximate surface area is 121 Å². The molecular formula is C15H27NO4. The van der Waals surface area contributed by atoms with Gasteiger partial charge < -0.3 is 15.1 Å². The van der Waals surface area contributed by atoms with Crippen LogP contribution in [0.3, 0.4) is 0 Å². The third-order valence-electron chi connectivity index (χ3n) is 4.24. The van der Waals surface area contributed by atoms with Crippen LogP contribution in [0, 0.1) is 22.7 Å². The summed E-state index contributed by atoms with van der Waals surface area (Å²) in [7, 11) is 0. The number of hydrogen-bond acceptors (Lipinski definition) is 2. The zero-order valence-electron chi connectivity index (χ0n) is 13.3. The average molecular weight is 285 g/mol. The molecule has 1 rings (SSSR count). The summed E-state index contributed by atoms with van der Waals surface area (Å²) in [6.07, 6.45) is -0.570. The van der Waals surface area contributed by atoms with Gasteiger partial charge in [0.15, 0.2) is 0 Å². The summed E-state index contributed by atoms with van der Waals surface area (Å²) in [5.41, 5.74) is -0.570. The summed E-state index contributed by atoms with van der Waals surface area (Å²) >= 11 is 0. The molecule has 5 heteroatoms. The zero-order chi connectivity index (χ0) is 15.9. The van der Waals surface area contributed by atoms with Crippen LogP contribution in [0.2, 0.25) is 0 Å². The van der Waals surface area contributed by atoms with Crippen LogP contribution in [0.15, 0.2) is 0 Å². The highest BCUT2D eigenvalue weighted by atomic mass is 16.4. The maximum absolute atomic E-state index is 11.6. The first-order valence-electron chi connectivity index (χ1n) is 7.09. The van der Waals surface area contributed by atoms with Crippen molar-refractivity contribution < 1.29 is 19.8 Å². The van der Waals surface area contributed by atoms with Crippen molar-refractivity contribution in [2.75, 3.05) is 6.54 Å². The first-order valence-corrected chi connectivity index (χ1v) is 7.09. The molecule has 1 heterocycles.